The Morgan fingerprint density at radius 3 is 2.09 bits per heavy atom. The standard InChI is InChI=1S/C40H56N4/c1-39(2,3)25-19-21-27(22-20-25)41-31-17-12-18-32-36(31)44-37-33(41)24-23-29(40(4,5)6)35(37)43-30-16-11-10-15-28(30)34(38(43)44)42(32)26-13-8-7-9-14-26/h8,13-14,19-22,28-33,35-37H,7,9-12,15-18,23-24H2,1-6H3. The first-order chi connectivity index (χ1) is 21.1. The van der Waals surface area contributed by atoms with Gasteiger partial charge in [-0.1, -0.05) is 78.7 Å². The van der Waals surface area contributed by atoms with E-state index in [1.54, 1.807) is 11.5 Å². The van der Waals surface area contributed by atoms with Crippen molar-refractivity contribution in [2.75, 3.05) is 4.90 Å². The number of hydrogen-bond acceptors (Lipinski definition) is 4. The lowest BCUT2D eigenvalue weighted by Crippen LogP contribution is -2.76. The molecule has 8 aliphatic rings. The van der Waals surface area contributed by atoms with Crippen LogP contribution in [0.1, 0.15) is 118 Å². The summed E-state index contributed by atoms with van der Waals surface area (Å²) in [5.74, 6) is 3.16. The molecule has 4 heteroatoms. The van der Waals surface area contributed by atoms with Gasteiger partial charge in [0.2, 0.25) is 0 Å². The molecule has 0 aromatic heterocycles. The van der Waals surface area contributed by atoms with Crippen molar-refractivity contribution < 1.29 is 0 Å². The van der Waals surface area contributed by atoms with Crippen LogP contribution in [-0.2, 0) is 5.41 Å². The predicted octanol–water partition coefficient (Wildman–Crippen LogP) is 8.56. The molecule has 9 atom stereocenters. The van der Waals surface area contributed by atoms with Crippen LogP contribution in [0.15, 0.2) is 59.7 Å². The van der Waals surface area contributed by atoms with E-state index in [4.69, 9.17) is 0 Å². The zero-order valence-corrected chi connectivity index (χ0v) is 28.3. The number of piperazine rings is 1. The number of benzene rings is 1. The summed E-state index contributed by atoms with van der Waals surface area (Å²) in [6.45, 7) is 14.7. The minimum atomic E-state index is 0.184. The van der Waals surface area contributed by atoms with Gasteiger partial charge in [0.25, 0.3) is 0 Å². The molecule has 1 aromatic carbocycles. The second-order valence-corrected chi connectivity index (χ2v) is 17.8. The van der Waals surface area contributed by atoms with Crippen LogP contribution < -0.4 is 4.90 Å². The molecule has 4 aliphatic heterocycles. The summed E-state index contributed by atoms with van der Waals surface area (Å²) in [5.41, 5.74) is 6.73. The van der Waals surface area contributed by atoms with E-state index in [1.807, 2.05) is 0 Å². The molecule has 9 rings (SSSR count). The largest absolute Gasteiger partial charge is 0.361 e. The van der Waals surface area contributed by atoms with Crippen LogP contribution in [0.25, 0.3) is 0 Å². The second-order valence-electron chi connectivity index (χ2n) is 17.8. The maximum Gasteiger partial charge on any atom is 0.126 e. The smallest absolute Gasteiger partial charge is 0.126 e. The number of fused-ring (bicyclic) bond motifs is 4. The molecule has 0 spiro atoms. The van der Waals surface area contributed by atoms with Crippen LogP contribution >= 0.6 is 0 Å². The van der Waals surface area contributed by atoms with Crippen molar-refractivity contribution in [3.63, 3.8) is 0 Å². The van der Waals surface area contributed by atoms with Gasteiger partial charge in [0, 0.05) is 23.3 Å². The summed E-state index contributed by atoms with van der Waals surface area (Å²) >= 11 is 0. The SMILES string of the molecule is CC(C)(C)c1ccc(N2C3CCCC4C3N3C5=C(C6CCCCC6N5C5C3C2CCC5C(C)(C)C)N4C2=CCCC=C2)cc1. The molecule has 4 aliphatic carbocycles. The Bertz CT molecular complexity index is 1400. The van der Waals surface area contributed by atoms with Gasteiger partial charge in [-0.3, -0.25) is 0 Å². The number of anilines is 1. The molecule has 0 N–H and O–H groups in total. The highest BCUT2D eigenvalue weighted by Crippen LogP contribution is 2.63. The third-order valence-corrected chi connectivity index (χ3v) is 13.5. The first-order valence-corrected chi connectivity index (χ1v) is 18.5. The van der Waals surface area contributed by atoms with E-state index < -0.39 is 0 Å². The van der Waals surface area contributed by atoms with Crippen molar-refractivity contribution in [3.05, 3.63) is 65.3 Å². The molecule has 0 amide bonds. The Kier molecular flexibility index (Phi) is 6.08. The highest BCUT2D eigenvalue weighted by molar-refractivity contribution is 5.55. The van der Waals surface area contributed by atoms with Crippen molar-refractivity contribution in [2.45, 2.75) is 160 Å². The van der Waals surface area contributed by atoms with Gasteiger partial charge >= 0.3 is 0 Å². The highest BCUT2D eigenvalue weighted by atomic mass is 15.6. The van der Waals surface area contributed by atoms with E-state index in [-0.39, 0.29) is 5.41 Å². The minimum absolute atomic E-state index is 0.184. The topological polar surface area (TPSA) is 13.0 Å². The molecule has 3 saturated carbocycles. The van der Waals surface area contributed by atoms with Gasteiger partial charge in [-0.15, -0.1) is 0 Å². The fourth-order valence-corrected chi connectivity index (χ4v) is 11.9. The van der Waals surface area contributed by atoms with E-state index in [2.05, 4.69) is 104 Å². The molecular weight excluding hydrogens is 536 g/mol. The average molecular weight is 593 g/mol. The fourth-order valence-electron chi connectivity index (χ4n) is 11.9. The van der Waals surface area contributed by atoms with E-state index in [0.29, 0.717) is 53.6 Å². The summed E-state index contributed by atoms with van der Waals surface area (Å²) in [7, 11) is 0. The molecule has 236 valence electrons. The van der Waals surface area contributed by atoms with Crippen LogP contribution in [0, 0.1) is 17.3 Å². The van der Waals surface area contributed by atoms with Crippen LogP contribution in [0.4, 0.5) is 5.69 Å². The van der Waals surface area contributed by atoms with E-state index >= 15 is 0 Å². The summed E-state index contributed by atoms with van der Waals surface area (Å²) in [5, 5.41) is 0. The van der Waals surface area contributed by atoms with Crippen LogP contribution in [0.3, 0.4) is 0 Å². The lowest BCUT2D eigenvalue weighted by Gasteiger charge is -2.65. The Hall–Kier alpha value is -2.36. The molecule has 5 fully saturated rings. The predicted molar refractivity (Wildman–Crippen MR) is 181 cm³/mol. The summed E-state index contributed by atoms with van der Waals surface area (Å²) < 4.78 is 0. The fraction of sp³-hybridized carbons (Fsp3) is 0.700. The number of hydrogen-bond donors (Lipinski definition) is 0. The highest BCUT2D eigenvalue weighted by Gasteiger charge is 2.69. The molecule has 9 unspecified atom stereocenters. The first kappa shape index (κ1) is 27.9. The zero-order valence-electron chi connectivity index (χ0n) is 28.3. The van der Waals surface area contributed by atoms with Gasteiger partial charge in [-0.05, 0) is 98.3 Å². The van der Waals surface area contributed by atoms with Crippen molar-refractivity contribution in [2.24, 2.45) is 17.3 Å². The molecule has 0 radical (unpaired) electrons. The molecule has 1 aromatic rings. The van der Waals surface area contributed by atoms with Gasteiger partial charge < -0.3 is 19.6 Å². The molecule has 4 nitrogen and oxygen atoms in total. The molecule has 2 saturated heterocycles. The van der Waals surface area contributed by atoms with Gasteiger partial charge in [0.05, 0.1) is 41.9 Å². The van der Waals surface area contributed by atoms with Crippen molar-refractivity contribution in [1.82, 2.24) is 14.7 Å². The molecule has 4 heterocycles. The number of nitrogens with zero attached hydrogens (tertiary/aromatic N) is 4. The monoisotopic (exact) mass is 592 g/mol. The van der Waals surface area contributed by atoms with Crippen LogP contribution in [0.5, 0.6) is 0 Å². The van der Waals surface area contributed by atoms with E-state index in [9.17, 15) is 0 Å². The van der Waals surface area contributed by atoms with Crippen molar-refractivity contribution >= 4 is 5.69 Å². The lowest BCUT2D eigenvalue weighted by molar-refractivity contribution is -0.0336. The molecule has 0 bridgehead atoms. The van der Waals surface area contributed by atoms with Crippen LogP contribution in [0.2, 0.25) is 0 Å². The summed E-state index contributed by atoms with van der Waals surface area (Å²) in [4.78, 5) is 12.3. The first-order valence-electron chi connectivity index (χ1n) is 18.5. The van der Waals surface area contributed by atoms with E-state index in [1.165, 1.54) is 87.6 Å². The number of rotatable bonds is 2. The third-order valence-electron chi connectivity index (χ3n) is 13.5. The molecule has 44 heavy (non-hydrogen) atoms. The minimum Gasteiger partial charge on any atom is -0.361 e. The van der Waals surface area contributed by atoms with E-state index in [0.717, 1.165) is 5.92 Å². The third kappa shape index (κ3) is 3.75. The van der Waals surface area contributed by atoms with Gasteiger partial charge in [0.1, 0.15) is 5.82 Å². The summed E-state index contributed by atoms with van der Waals surface area (Å²) in [6.07, 6.45) is 22.2. The maximum atomic E-state index is 3.17. The maximum absolute atomic E-state index is 3.17. The van der Waals surface area contributed by atoms with Gasteiger partial charge in [0.15, 0.2) is 0 Å². The Labute approximate surface area is 267 Å². The normalized spacial score (nSPS) is 39.0. The van der Waals surface area contributed by atoms with Crippen molar-refractivity contribution in [1.29, 1.82) is 0 Å². The number of allylic oxidation sites excluding steroid dienone is 3. The zero-order chi connectivity index (χ0) is 30.1. The molecular formula is C40H56N4. The average Bonchev–Trinajstić information content (AvgIpc) is 3.53. The quantitative estimate of drug-likeness (QED) is 0.341. The lowest BCUT2D eigenvalue weighted by atomic mass is 9.63. The Morgan fingerprint density at radius 2 is 1.36 bits per heavy atom. The van der Waals surface area contributed by atoms with Crippen molar-refractivity contribution in [3.8, 4) is 0 Å². The second kappa shape index (κ2) is 9.58. The Balaban J connectivity index is 1.26. The van der Waals surface area contributed by atoms with Gasteiger partial charge in [-0.2, -0.15) is 0 Å². The van der Waals surface area contributed by atoms with Crippen LogP contribution in [-0.4, -0.2) is 57.0 Å². The van der Waals surface area contributed by atoms with Gasteiger partial charge in [-0.25, -0.2) is 0 Å². The summed E-state index contributed by atoms with van der Waals surface area (Å²) in [6, 6.07) is 14.2. The Morgan fingerprint density at radius 1 is 0.636 bits per heavy atom.